The molecule has 0 bridgehead atoms. The van der Waals surface area contributed by atoms with E-state index in [1.807, 2.05) is 51.1 Å². The Morgan fingerprint density at radius 3 is 2.50 bits per heavy atom. The summed E-state index contributed by atoms with van der Waals surface area (Å²) in [5, 5.41) is 9.69. The maximum absolute atomic E-state index is 12.3. The Morgan fingerprint density at radius 1 is 1.35 bits per heavy atom. The van der Waals surface area contributed by atoms with E-state index in [9.17, 15) is 14.5 Å². The molecule has 1 saturated heterocycles. The third kappa shape index (κ3) is 4.34. The normalized spacial score (nSPS) is 27.0. The molecule has 26 heavy (non-hydrogen) atoms. The lowest BCUT2D eigenvalue weighted by Gasteiger charge is -2.28. The number of carbonyl (C=O) groups excluding carboxylic acids is 1. The highest BCUT2D eigenvalue weighted by Crippen LogP contribution is 2.53. The van der Waals surface area contributed by atoms with Gasteiger partial charge in [-0.25, -0.2) is 4.79 Å². The number of piperidine rings is 1. The molecule has 0 aromatic heterocycles. The van der Waals surface area contributed by atoms with E-state index in [2.05, 4.69) is 4.72 Å². The van der Waals surface area contributed by atoms with Gasteiger partial charge in [-0.1, -0.05) is 30.3 Å². The van der Waals surface area contributed by atoms with Gasteiger partial charge in [-0.2, -0.15) is 0 Å². The van der Waals surface area contributed by atoms with Crippen LogP contribution in [0.2, 0.25) is 0 Å². The summed E-state index contributed by atoms with van der Waals surface area (Å²) in [7, 11) is 0. The van der Waals surface area contributed by atoms with Crippen molar-refractivity contribution in [3.63, 3.8) is 0 Å². The molecule has 2 aliphatic rings. The topological polar surface area (TPSA) is 84.9 Å². The fourth-order valence-electron chi connectivity index (χ4n) is 3.68. The second-order valence-corrected chi connectivity index (χ2v) is 10.1. The number of likely N-dealkylation sites (tertiary alicyclic amines) is 1. The van der Waals surface area contributed by atoms with Crippen LogP contribution in [0, 0.1) is 17.8 Å². The average Bonchev–Trinajstić information content (AvgIpc) is 3.09. The molecule has 2 N–H and O–H groups in total. The Labute approximate surface area is 158 Å². The molecule has 144 valence electrons. The highest BCUT2D eigenvalue weighted by molar-refractivity contribution is 7.90. The Balaban J connectivity index is 1.46. The zero-order valence-corrected chi connectivity index (χ0v) is 16.4. The second kappa shape index (κ2) is 7.76. The number of aliphatic hydroxyl groups is 1. The predicted molar refractivity (Wildman–Crippen MR) is 101 cm³/mol. The summed E-state index contributed by atoms with van der Waals surface area (Å²) in [6, 6.07) is 9.44. The summed E-state index contributed by atoms with van der Waals surface area (Å²) in [5.41, 5.74) is 0.970. The minimum Gasteiger partial charge on any atom is -0.598 e. The minimum absolute atomic E-state index is 0.0437. The zero-order chi connectivity index (χ0) is 18.9. The first-order valence-electron chi connectivity index (χ1n) is 9.06. The van der Waals surface area contributed by atoms with Crippen LogP contribution in [0.3, 0.4) is 0 Å². The van der Waals surface area contributed by atoms with Gasteiger partial charge < -0.3 is 19.3 Å². The molecule has 1 amide bonds. The number of hydrogen-bond donors (Lipinski definition) is 2. The van der Waals surface area contributed by atoms with Crippen LogP contribution in [0.5, 0.6) is 0 Å². The van der Waals surface area contributed by atoms with Crippen molar-refractivity contribution in [1.82, 2.24) is 9.62 Å². The quantitative estimate of drug-likeness (QED) is 0.737. The number of rotatable bonds is 6. The van der Waals surface area contributed by atoms with Gasteiger partial charge in [-0.05, 0) is 44.1 Å². The second-order valence-electron chi connectivity index (χ2n) is 8.14. The highest BCUT2D eigenvalue weighted by Gasteiger charge is 2.60. The minimum atomic E-state index is -1.21. The van der Waals surface area contributed by atoms with Gasteiger partial charge in [0.2, 0.25) is 0 Å². The number of fused-ring (bicyclic) bond motifs is 1. The molecular formula is C19H28N2O4S. The SMILES string of the molecule is CC(C)(C)[S+]([O-])NC(CO)C1C2CN(C(=O)OCc3ccccc3)CC21. The maximum atomic E-state index is 12.3. The van der Waals surface area contributed by atoms with Crippen LogP contribution in [0.1, 0.15) is 26.3 Å². The van der Waals surface area contributed by atoms with Gasteiger partial charge in [-0.3, -0.25) is 0 Å². The van der Waals surface area contributed by atoms with Crippen LogP contribution in [-0.2, 0) is 22.7 Å². The third-order valence-corrected chi connectivity index (χ3v) is 6.83. The molecule has 0 radical (unpaired) electrons. The number of ether oxygens (including phenoxy) is 1. The van der Waals surface area contributed by atoms with Crippen molar-refractivity contribution in [3.8, 4) is 0 Å². The molecule has 6 nitrogen and oxygen atoms in total. The molecule has 1 aliphatic carbocycles. The van der Waals surface area contributed by atoms with Crippen LogP contribution in [0.25, 0.3) is 0 Å². The molecule has 3 rings (SSSR count). The van der Waals surface area contributed by atoms with E-state index >= 15 is 0 Å². The van der Waals surface area contributed by atoms with Gasteiger partial charge in [0.05, 0.1) is 12.6 Å². The molecule has 0 spiro atoms. The largest absolute Gasteiger partial charge is 0.598 e. The standard InChI is InChI=1S/C19H28N2O4S/c1-19(2,3)26(24)20-16(11-22)17-14-9-21(10-15(14)17)18(23)25-12-13-7-5-4-6-8-13/h4-8,14-17,20,22H,9-12H2,1-3H3. The van der Waals surface area contributed by atoms with Crippen LogP contribution in [0.15, 0.2) is 30.3 Å². The zero-order valence-electron chi connectivity index (χ0n) is 15.6. The Kier molecular flexibility index (Phi) is 5.81. The van der Waals surface area contributed by atoms with E-state index in [0.717, 1.165) is 5.56 Å². The number of aliphatic hydroxyl groups excluding tert-OH is 1. The van der Waals surface area contributed by atoms with Crippen LogP contribution in [0.4, 0.5) is 4.79 Å². The third-order valence-electron chi connectivity index (χ3n) is 5.20. The summed E-state index contributed by atoms with van der Waals surface area (Å²) < 4.78 is 20.4. The lowest BCUT2D eigenvalue weighted by Crippen LogP contribution is -2.48. The summed E-state index contributed by atoms with van der Waals surface area (Å²) in [4.78, 5) is 14.0. The summed E-state index contributed by atoms with van der Waals surface area (Å²) >= 11 is -1.21. The van der Waals surface area contributed by atoms with E-state index in [1.54, 1.807) is 4.90 Å². The molecule has 4 atom stereocenters. The van der Waals surface area contributed by atoms with Crippen molar-refractivity contribution in [2.45, 2.75) is 38.2 Å². The van der Waals surface area contributed by atoms with E-state index < -0.39 is 11.4 Å². The van der Waals surface area contributed by atoms with Crippen molar-refractivity contribution in [1.29, 1.82) is 0 Å². The van der Waals surface area contributed by atoms with Crippen molar-refractivity contribution < 1.29 is 19.2 Å². The smallest absolute Gasteiger partial charge is 0.410 e. The monoisotopic (exact) mass is 380 g/mol. The summed E-state index contributed by atoms with van der Waals surface area (Å²) in [6.45, 7) is 7.24. The Bertz CT molecular complexity index is 610. The first-order valence-corrected chi connectivity index (χ1v) is 10.2. The molecule has 1 saturated carbocycles. The first kappa shape index (κ1) is 19.5. The molecular weight excluding hydrogens is 352 g/mol. The van der Waals surface area contributed by atoms with Crippen molar-refractivity contribution >= 4 is 17.5 Å². The van der Waals surface area contributed by atoms with E-state index in [4.69, 9.17) is 4.74 Å². The number of benzene rings is 1. The Morgan fingerprint density at radius 2 is 1.96 bits per heavy atom. The van der Waals surface area contributed by atoms with Crippen molar-refractivity contribution in [3.05, 3.63) is 35.9 Å². The molecule has 2 fully saturated rings. The lowest BCUT2D eigenvalue weighted by atomic mass is 10.1. The maximum Gasteiger partial charge on any atom is 0.410 e. The van der Waals surface area contributed by atoms with Gasteiger partial charge in [-0.15, -0.1) is 4.72 Å². The molecule has 4 unspecified atom stereocenters. The van der Waals surface area contributed by atoms with E-state index in [0.29, 0.717) is 24.9 Å². The van der Waals surface area contributed by atoms with E-state index in [1.165, 1.54) is 0 Å². The number of hydrogen-bond acceptors (Lipinski definition) is 5. The fourth-order valence-corrected chi connectivity index (χ4v) is 4.54. The van der Waals surface area contributed by atoms with Crippen LogP contribution in [-0.4, -0.2) is 51.1 Å². The van der Waals surface area contributed by atoms with Crippen LogP contribution >= 0.6 is 0 Å². The Hall–Kier alpha value is -1.28. The van der Waals surface area contributed by atoms with Gasteiger partial charge >= 0.3 is 6.09 Å². The van der Waals surface area contributed by atoms with Gasteiger partial charge in [0, 0.05) is 24.5 Å². The van der Waals surface area contributed by atoms with Crippen LogP contribution < -0.4 is 4.72 Å². The summed E-state index contributed by atoms with van der Waals surface area (Å²) in [6.07, 6.45) is -0.286. The molecule has 1 aliphatic heterocycles. The molecule has 7 heteroatoms. The number of nitrogens with zero attached hydrogens (tertiary/aromatic N) is 1. The van der Waals surface area contributed by atoms with E-state index in [-0.39, 0.29) is 36.0 Å². The lowest BCUT2D eigenvalue weighted by molar-refractivity contribution is 0.0970. The molecule has 1 aromatic carbocycles. The highest BCUT2D eigenvalue weighted by atomic mass is 32.2. The number of nitrogens with one attached hydrogen (secondary N) is 1. The summed E-state index contributed by atoms with van der Waals surface area (Å²) in [5.74, 6) is 0.964. The van der Waals surface area contributed by atoms with Gasteiger partial charge in [0.15, 0.2) is 0 Å². The molecule has 1 heterocycles. The van der Waals surface area contributed by atoms with Crippen molar-refractivity contribution in [2.24, 2.45) is 17.8 Å². The number of amides is 1. The van der Waals surface area contributed by atoms with Gasteiger partial charge in [0.25, 0.3) is 0 Å². The number of carbonyl (C=O) groups is 1. The predicted octanol–water partition coefficient (Wildman–Crippen LogP) is 1.91. The van der Waals surface area contributed by atoms with Crippen molar-refractivity contribution in [2.75, 3.05) is 19.7 Å². The first-order chi connectivity index (χ1) is 12.3. The van der Waals surface area contributed by atoms with Gasteiger partial charge in [0.1, 0.15) is 11.4 Å². The fraction of sp³-hybridized carbons (Fsp3) is 0.632. The average molecular weight is 381 g/mol. The molecule has 1 aromatic rings.